The minimum absolute atomic E-state index is 0.0371. The highest BCUT2D eigenvalue weighted by molar-refractivity contribution is 7.91. The van der Waals surface area contributed by atoms with Gasteiger partial charge < -0.3 is 20.1 Å². The molecule has 0 spiro atoms. The molecule has 59 heavy (non-hydrogen) atoms. The number of rotatable bonds is 11. The van der Waals surface area contributed by atoms with Crippen molar-refractivity contribution in [1.82, 2.24) is 25.2 Å². The third kappa shape index (κ3) is 9.93. The van der Waals surface area contributed by atoms with Gasteiger partial charge in [0.1, 0.15) is 18.2 Å². The number of aliphatic carboxylic acids is 1. The van der Waals surface area contributed by atoms with Gasteiger partial charge in [-0.3, -0.25) is 4.79 Å². The summed E-state index contributed by atoms with van der Waals surface area (Å²) in [7, 11) is -2.88. The van der Waals surface area contributed by atoms with Crippen molar-refractivity contribution in [3.63, 3.8) is 0 Å². The lowest BCUT2D eigenvalue weighted by molar-refractivity contribution is -0.151. The average molecular weight is 838 g/mol. The first-order valence-electron chi connectivity index (χ1n) is 23.3. The lowest BCUT2D eigenvalue weighted by Crippen LogP contribution is -2.53. The molecule has 1 aliphatic heterocycles. The van der Waals surface area contributed by atoms with E-state index in [-0.39, 0.29) is 40.5 Å². The first-order chi connectivity index (χ1) is 27.8. The van der Waals surface area contributed by atoms with Crippen LogP contribution in [0.4, 0.5) is 0 Å². The fourth-order valence-corrected chi connectivity index (χ4v) is 13.5. The van der Waals surface area contributed by atoms with E-state index in [2.05, 4.69) is 80.8 Å². The van der Waals surface area contributed by atoms with Crippen LogP contribution in [0.2, 0.25) is 0 Å². The molecule has 2 heterocycles. The Labute approximate surface area is 357 Å². The molecule has 1 saturated heterocycles. The molecule has 1 aromatic rings. The van der Waals surface area contributed by atoms with Gasteiger partial charge in [-0.15, -0.1) is 5.10 Å². The normalized spacial score (nSPS) is 36.7. The molecule has 4 aliphatic carbocycles. The Morgan fingerprint density at radius 2 is 1.71 bits per heavy atom. The quantitative estimate of drug-likeness (QED) is 0.210. The van der Waals surface area contributed by atoms with Crippen LogP contribution >= 0.6 is 0 Å². The highest BCUT2D eigenvalue weighted by atomic mass is 32.2. The van der Waals surface area contributed by atoms with Crippen LogP contribution in [0.1, 0.15) is 151 Å². The van der Waals surface area contributed by atoms with E-state index in [0.717, 1.165) is 25.9 Å². The lowest BCUT2D eigenvalue weighted by Gasteiger charge is -2.49. The Hall–Kier alpha value is -2.50. The predicted octanol–water partition coefficient (Wildman–Crippen LogP) is 9.47. The molecule has 1 aromatic heterocycles. The number of carbonyl (C=O) groups is 1. The van der Waals surface area contributed by atoms with E-state index in [0.29, 0.717) is 61.4 Å². The zero-order chi connectivity index (χ0) is 42.8. The monoisotopic (exact) mass is 838 g/mol. The van der Waals surface area contributed by atoms with Gasteiger partial charge in [0.25, 0.3) is 0 Å². The number of hydrogen-bond donors (Lipinski definition) is 2. The van der Waals surface area contributed by atoms with Crippen LogP contribution in [0.25, 0.3) is 0 Å². The highest BCUT2D eigenvalue weighted by Crippen LogP contribution is 2.56. The number of aromatic nitrogens is 3. The van der Waals surface area contributed by atoms with E-state index in [4.69, 9.17) is 4.74 Å². The first-order valence-corrected chi connectivity index (χ1v) is 25.1. The lowest BCUT2D eigenvalue weighted by atomic mass is 9.57. The highest BCUT2D eigenvalue weighted by Gasteiger charge is 2.50. The van der Waals surface area contributed by atoms with Crippen molar-refractivity contribution < 1.29 is 23.1 Å². The van der Waals surface area contributed by atoms with E-state index in [1.807, 2.05) is 13.8 Å². The van der Waals surface area contributed by atoms with Gasteiger partial charge >= 0.3 is 5.97 Å². The second-order valence-corrected chi connectivity index (χ2v) is 23.3. The number of fused-ring (bicyclic) bond motifs is 2. The van der Waals surface area contributed by atoms with Crippen molar-refractivity contribution in [2.45, 2.75) is 157 Å². The number of nitrogens with zero attached hydrogens (tertiary/aromatic N) is 4. The summed E-state index contributed by atoms with van der Waals surface area (Å²) < 4.78 is 32.0. The molecule has 0 amide bonds. The smallest absolute Gasteiger partial charge is 0.313 e. The summed E-state index contributed by atoms with van der Waals surface area (Å²) >= 11 is 0. The van der Waals surface area contributed by atoms with Crippen LogP contribution in [-0.2, 0) is 14.6 Å². The van der Waals surface area contributed by atoms with Crippen LogP contribution in [0, 0.1) is 45.8 Å². The van der Waals surface area contributed by atoms with Gasteiger partial charge in [0.05, 0.1) is 17.5 Å². The van der Waals surface area contributed by atoms with Gasteiger partial charge in [-0.1, -0.05) is 70.6 Å². The molecule has 0 radical (unpaired) electrons. The zero-order valence-corrected chi connectivity index (χ0v) is 38.8. The number of sulfone groups is 1. The minimum atomic E-state index is -2.88. The maximum Gasteiger partial charge on any atom is 0.313 e. The van der Waals surface area contributed by atoms with Crippen LogP contribution < -0.4 is 10.1 Å². The summed E-state index contributed by atoms with van der Waals surface area (Å²) in [5.74, 6) is 3.15. The Morgan fingerprint density at radius 3 is 2.37 bits per heavy atom. The van der Waals surface area contributed by atoms with Gasteiger partial charge in [-0.05, 0) is 156 Å². The van der Waals surface area contributed by atoms with E-state index in [9.17, 15) is 18.3 Å². The van der Waals surface area contributed by atoms with E-state index < -0.39 is 21.2 Å². The van der Waals surface area contributed by atoms with E-state index in [1.165, 1.54) is 80.9 Å². The Bertz CT molecular complexity index is 1800. The average Bonchev–Trinajstić information content (AvgIpc) is 3.81. The van der Waals surface area contributed by atoms with Gasteiger partial charge in [0.15, 0.2) is 9.84 Å². The SMILES string of the molecule is C=C(C)[C@@H]1CC[C@]2(NCCN3CCS(=O)(=O)CC3)CC[C@@H](C)[C@]3(C)CC[C@H](C)C(C)(C)/C(C4=CCC(COc5cnnn5C(C)C)(C(=O)O)CC4)=C\CC[C@H]3CCC[C@@H]12. The zero-order valence-electron chi connectivity index (χ0n) is 38.0. The van der Waals surface area contributed by atoms with Gasteiger partial charge in [-0.25, -0.2) is 13.1 Å². The fourth-order valence-electron chi connectivity index (χ4n) is 12.2. The van der Waals surface area contributed by atoms with Crippen molar-refractivity contribution in [2.75, 3.05) is 44.3 Å². The molecule has 2 saturated carbocycles. The van der Waals surface area contributed by atoms with Gasteiger partial charge in [0, 0.05) is 31.7 Å². The summed E-state index contributed by atoms with van der Waals surface area (Å²) in [6.45, 7) is 26.6. The third-order valence-electron chi connectivity index (χ3n) is 17.1. The molecule has 332 valence electrons. The number of carboxylic acids is 1. The number of ether oxygens (including phenoxy) is 1. The number of nitrogens with one attached hydrogen (secondary N) is 1. The predicted molar refractivity (Wildman–Crippen MR) is 238 cm³/mol. The van der Waals surface area contributed by atoms with Crippen LogP contribution in [0.3, 0.4) is 0 Å². The molecule has 10 nitrogen and oxygen atoms in total. The molecule has 8 atom stereocenters. The number of carboxylic acid groups (broad SMARTS) is 1. The van der Waals surface area contributed by atoms with Crippen LogP contribution in [-0.4, -0.2) is 89.2 Å². The topological polar surface area (TPSA) is 127 Å². The summed E-state index contributed by atoms with van der Waals surface area (Å²) in [5, 5.41) is 22.9. The van der Waals surface area contributed by atoms with Crippen molar-refractivity contribution in [3.8, 4) is 5.88 Å². The minimum Gasteiger partial charge on any atom is -0.481 e. The van der Waals surface area contributed by atoms with Crippen molar-refractivity contribution in [2.24, 2.45) is 45.8 Å². The number of allylic oxidation sites excluding steroid dienone is 5. The maximum atomic E-state index is 12.9. The summed E-state index contributed by atoms with van der Waals surface area (Å²) in [6.07, 6.45) is 21.3. The van der Waals surface area contributed by atoms with Crippen molar-refractivity contribution in [1.29, 1.82) is 0 Å². The Kier molecular flexibility index (Phi) is 14.4. The molecule has 6 rings (SSSR count). The van der Waals surface area contributed by atoms with E-state index >= 15 is 0 Å². The largest absolute Gasteiger partial charge is 0.481 e. The molecular weight excluding hydrogens is 759 g/mol. The van der Waals surface area contributed by atoms with Gasteiger partial charge in [-0.2, -0.15) is 0 Å². The van der Waals surface area contributed by atoms with Crippen molar-refractivity contribution >= 4 is 15.8 Å². The summed E-state index contributed by atoms with van der Waals surface area (Å²) in [5.41, 5.74) is 3.44. The van der Waals surface area contributed by atoms with Gasteiger partial charge in [0.2, 0.25) is 5.88 Å². The molecule has 2 N–H and O–H groups in total. The van der Waals surface area contributed by atoms with Crippen molar-refractivity contribution in [3.05, 3.63) is 41.6 Å². The third-order valence-corrected chi connectivity index (χ3v) is 18.7. The summed E-state index contributed by atoms with van der Waals surface area (Å²) in [6, 6.07) is 0.0727. The molecule has 0 bridgehead atoms. The second kappa shape index (κ2) is 18.5. The fraction of sp³-hybridized carbons (Fsp3) is 0.812. The molecule has 3 fully saturated rings. The second-order valence-electron chi connectivity index (χ2n) is 21.0. The maximum absolute atomic E-state index is 12.9. The molecule has 1 unspecified atom stereocenters. The van der Waals surface area contributed by atoms with Crippen LogP contribution in [0.5, 0.6) is 5.88 Å². The molecule has 11 heteroatoms. The molecular formula is C48H79N5O5S. The molecule has 5 aliphatic rings. The van der Waals surface area contributed by atoms with E-state index in [1.54, 1.807) is 10.9 Å². The Balaban J connectivity index is 1.18. The van der Waals surface area contributed by atoms with Crippen LogP contribution in [0.15, 0.2) is 41.6 Å². The Morgan fingerprint density at radius 1 is 1.00 bits per heavy atom. The first kappa shape index (κ1) is 46.0. The number of hydrogen-bond acceptors (Lipinski definition) is 8. The summed E-state index contributed by atoms with van der Waals surface area (Å²) in [4.78, 5) is 15.2. The standard InChI is InChI=1S/C48H79N5O5S/c1-34(2)40-20-25-48(49-26-27-52-28-30-59(56,57)31-29-52)24-17-37(6)46(9)21-16-36(5)45(7,8)41(14-10-12-39(46)13-11-15-42(40)48)38-18-22-47(23-19-38,44(54)55)33-58-43-32-50-51-53(43)35(3)4/h14,18,32,35-37,39-40,42,49H,1,10-13,15-17,19-31,33H2,2-9H3,(H,54,55)/b41-14-/t36-,37+,39-,40-,42-,46-,47?,48+/m0/s1. The molecule has 0 aromatic carbocycles.